The van der Waals surface area contributed by atoms with Gasteiger partial charge in [0.15, 0.2) is 0 Å². The lowest BCUT2D eigenvalue weighted by Gasteiger charge is -2.08. The summed E-state index contributed by atoms with van der Waals surface area (Å²) < 4.78 is 0. The van der Waals surface area contributed by atoms with Crippen molar-refractivity contribution in [2.75, 3.05) is 5.32 Å². The summed E-state index contributed by atoms with van der Waals surface area (Å²) in [4.78, 5) is 8.04. The van der Waals surface area contributed by atoms with Crippen molar-refractivity contribution in [2.24, 2.45) is 0 Å². The van der Waals surface area contributed by atoms with Gasteiger partial charge >= 0.3 is 0 Å². The molecule has 0 aliphatic rings. The number of nitrogens with zero attached hydrogens (tertiary/aromatic N) is 2. The van der Waals surface area contributed by atoms with Crippen LogP contribution in [0.25, 0.3) is 0 Å². The quantitative estimate of drug-likeness (QED) is 0.862. The van der Waals surface area contributed by atoms with E-state index in [9.17, 15) is 0 Å². The van der Waals surface area contributed by atoms with Crippen molar-refractivity contribution >= 4 is 29.0 Å². The Hall–Kier alpha value is -1.32. The molecule has 0 aliphatic carbocycles. The molecule has 3 nitrogen and oxygen atoms in total. The Kier molecular flexibility index (Phi) is 3.82. The van der Waals surface area contributed by atoms with Gasteiger partial charge < -0.3 is 5.32 Å². The molecule has 0 unspecified atom stereocenters. The summed E-state index contributed by atoms with van der Waals surface area (Å²) in [6.45, 7) is 2.53. The van der Waals surface area contributed by atoms with Crippen LogP contribution in [-0.2, 0) is 6.54 Å². The van der Waals surface area contributed by atoms with E-state index in [2.05, 4.69) is 15.3 Å². The fourth-order valence-corrected chi connectivity index (χ4v) is 1.79. The van der Waals surface area contributed by atoms with Crippen LogP contribution in [0.1, 0.15) is 11.1 Å². The zero-order chi connectivity index (χ0) is 12.3. The number of hydrogen-bond acceptors (Lipinski definition) is 3. The van der Waals surface area contributed by atoms with Crippen LogP contribution in [0.2, 0.25) is 10.2 Å². The van der Waals surface area contributed by atoms with Crippen molar-refractivity contribution in [1.82, 2.24) is 9.97 Å². The Morgan fingerprint density at radius 2 is 2.06 bits per heavy atom. The lowest BCUT2D eigenvalue weighted by atomic mass is 10.2. The van der Waals surface area contributed by atoms with Gasteiger partial charge in [0.25, 0.3) is 0 Å². The SMILES string of the molecule is Cc1c(Cl)ncnc1NCc1cccc(Cl)c1. The van der Waals surface area contributed by atoms with Gasteiger partial charge in [-0.05, 0) is 24.6 Å². The van der Waals surface area contributed by atoms with Crippen LogP contribution in [0, 0.1) is 6.92 Å². The van der Waals surface area contributed by atoms with Crippen LogP contribution >= 0.6 is 23.2 Å². The monoisotopic (exact) mass is 267 g/mol. The number of halogens is 2. The molecule has 0 atom stereocenters. The summed E-state index contributed by atoms with van der Waals surface area (Å²) in [5.74, 6) is 0.741. The summed E-state index contributed by atoms with van der Waals surface area (Å²) >= 11 is 11.8. The molecule has 17 heavy (non-hydrogen) atoms. The van der Waals surface area contributed by atoms with Gasteiger partial charge in [-0.15, -0.1) is 0 Å². The van der Waals surface area contributed by atoms with Crippen molar-refractivity contribution in [3.8, 4) is 0 Å². The number of hydrogen-bond donors (Lipinski definition) is 1. The molecule has 2 aromatic rings. The number of benzene rings is 1. The number of anilines is 1. The molecular weight excluding hydrogens is 257 g/mol. The van der Waals surface area contributed by atoms with Gasteiger partial charge in [0.2, 0.25) is 0 Å². The van der Waals surface area contributed by atoms with Crippen molar-refractivity contribution in [1.29, 1.82) is 0 Å². The van der Waals surface area contributed by atoms with Gasteiger partial charge in [-0.25, -0.2) is 9.97 Å². The Bertz CT molecular complexity index is 529. The summed E-state index contributed by atoms with van der Waals surface area (Å²) in [6.07, 6.45) is 1.44. The lowest BCUT2D eigenvalue weighted by Crippen LogP contribution is -2.04. The molecule has 0 radical (unpaired) electrons. The van der Waals surface area contributed by atoms with E-state index in [0.717, 1.165) is 22.0 Å². The third-order valence-corrected chi connectivity index (χ3v) is 2.99. The predicted octanol–water partition coefficient (Wildman–Crippen LogP) is 3.70. The van der Waals surface area contributed by atoms with E-state index in [4.69, 9.17) is 23.2 Å². The predicted molar refractivity (Wildman–Crippen MR) is 70.6 cm³/mol. The van der Waals surface area contributed by atoms with E-state index in [1.54, 1.807) is 0 Å². The fraction of sp³-hybridized carbons (Fsp3) is 0.167. The molecule has 0 fully saturated rings. The van der Waals surface area contributed by atoms with E-state index in [1.807, 2.05) is 31.2 Å². The Balaban J connectivity index is 2.10. The summed E-state index contributed by atoms with van der Waals surface area (Å²) in [7, 11) is 0. The molecule has 2 rings (SSSR count). The molecule has 5 heteroatoms. The second-order valence-electron chi connectivity index (χ2n) is 3.62. The van der Waals surface area contributed by atoms with Crippen molar-refractivity contribution in [2.45, 2.75) is 13.5 Å². The number of nitrogens with one attached hydrogen (secondary N) is 1. The maximum absolute atomic E-state index is 5.91. The normalized spacial score (nSPS) is 10.3. The Labute approximate surface area is 110 Å². The fourth-order valence-electron chi connectivity index (χ4n) is 1.44. The highest BCUT2D eigenvalue weighted by atomic mass is 35.5. The molecule has 0 amide bonds. The second kappa shape index (κ2) is 5.34. The average Bonchev–Trinajstić information content (AvgIpc) is 2.31. The van der Waals surface area contributed by atoms with Gasteiger partial charge in [0, 0.05) is 17.1 Å². The molecule has 0 spiro atoms. The highest BCUT2D eigenvalue weighted by Crippen LogP contribution is 2.19. The molecule has 0 saturated heterocycles. The minimum absolute atomic E-state index is 0.466. The minimum atomic E-state index is 0.466. The topological polar surface area (TPSA) is 37.8 Å². The zero-order valence-electron chi connectivity index (χ0n) is 9.24. The molecular formula is C12H11Cl2N3. The molecule has 0 bridgehead atoms. The first kappa shape index (κ1) is 12.1. The van der Waals surface area contributed by atoms with Crippen LogP contribution in [0.4, 0.5) is 5.82 Å². The van der Waals surface area contributed by atoms with Crippen molar-refractivity contribution < 1.29 is 0 Å². The van der Waals surface area contributed by atoms with E-state index in [0.29, 0.717) is 11.7 Å². The highest BCUT2D eigenvalue weighted by molar-refractivity contribution is 6.30. The van der Waals surface area contributed by atoms with Crippen LogP contribution < -0.4 is 5.32 Å². The number of rotatable bonds is 3. The average molecular weight is 268 g/mol. The maximum atomic E-state index is 5.91. The van der Waals surface area contributed by atoms with E-state index in [1.165, 1.54) is 6.33 Å². The van der Waals surface area contributed by atoms with Gasteiger partial charge in [-0.2, -0.15) is 0 Å². The number of aromatic nitrogens is 2. The first-order chi connectivity index (χ1) is 8.16. The summed E-state index contributed by atoms with van der Waals surface area (Å²) in [5, 5.41) is 4.39. The molecule has 1 heterocycles. The van der Waals surface area contributed by atoms with Gasteiger partial charge in [-0.1, -0.05) is 35.3 Å². The lowest BCUT2D eigenvalue weighted by molar-refractivity contribution is 1.06. The van der Waals surface area contributed by atoms with Crippen LogP contribution in [0.15, 0.2) is 30.6 Å². The van der Waals surface area contributed by atoms with Crippen molar-refractivity contribution in [3.05, 3.63) is 51.9 Å². The van der Waals surface area contributed by atoms with Gasteiger partial charge in [0.1, 0.15) is 17.3 Å². The molecule has 88 valence electrons. The molecule has 1 aromatic heterocycles. The van der Waals surface area contributed by atoms with Gasteiger partial charge in [-0.3, -0.25) is 0 Å². The van der Waals surface area contributed by atoms with Crippen LogP contribution in [0.3, 0.4) is 0 Å². The third-order valence-electron chi connectivity index (χ3n) is 2.37. The van der Waals surface area contributed by atoms with E-state index >= 15 is 0 Å². The standard InChI is InChI=1S/C12H11Cl2N3/c1-8-11(14)16-7-17-12(8)15-6-9-3-2-4-10(13)5-9/h2-5,7H,6H2,1H3,(H,15,16,17). The molecule has 1 N–H and O–H groups in total. The summed E-state index contributed by atoms with van der Waals surface area (Å²) in [6, 6.07) is 7.67. The van der Waals surface area contributed by atoms with Crippen molar-refractivity contribution in [3.63, 3.8) is 0 Å². The van der Waals surface area contributed by atoms with Crippen LogP contribution in [-0.4, -0.2) is 9.97 Å². The molecule has 1 aromatic carbocycles. The first-order valence-corrected chi connectivity index (χ1v) is 5.88. The molecule has 0 saturated carbocycles. The summed E-state index contributed by atoms with van der Waals surface area (Å²) in [5.41, 5.74) is 1.93. The van der Waals surface area contributed by atoms with Crippen LogP contribution in [0.5, 0.6) is 0 Å². The van der Waals surface area contributed by atoms with E-state index < -0.39 is 0 Å². The van der Waals surface area contributed by atoms with E-state index in [-0.39, 0.29) is 0 Å². The minimum Gasteiger partial charge on any atom is -0.366 e. The second-order valence-corrected chi connectivity index (χ2v) is 4.42. The largest absolute Gasteiger partial charge is 0.366 e. The molecule has 0 aliphatic heterocycles. The Morgan fingerprint density at radius 3 is 2.82 bits per heavy atom. The smallest absolute Gasteiger partial charge is 0.137 e. The zero-order valence-corrected chi connectivity index (χ0v) is 10.8. The Morgan fingerprint density at radius 1 is 1.24 bits per heavy atom. The highest BCUT2D eigenvalue weighted by Gasteiger charge is 2.04. The third kappa shape index (κ3) is 3.08. The first-order valence-electron chi connectivity index (χ1n) is 5.12. The van der Waals surface area contributed by atoms with Gasteiger partial charge in [0.05, 0.1) is 0 Å². The maximum Gasteiger partial charge on any atom is 0.137 e.